The van der Waals surface area contributed by atoms with Gasteiger partial charge in [-0.05, 0) is 64.1 Å². The number of amides is 4. The van der Waals surface area contributed by atoms with Crippen LogP contribution in [-0.2, 0) is 38.8 Å². The number of benzene rings is 3. The molecule has 3 N–H and O–H groups in total. The van der Waals surface area contributed by atoms with E-state index in [1.165, 1.54) is 15.8 Å². The first-order valence-electron chi connectivity index (χ1n) is 27.9. The number of halogens is 6. The normalized spacial score (nSPS) is 14.1. The molecule has 0 bridgehead atoms. The van der Waals surface area contributed by atoms with Crippen molar-refractivity contribution < 1.29 is 47.3 Å². The smallest absolute Gasteiger partial charge is 0.360 e. The maximum atomic E-state index is 12.8. The van der Waals surface area contributed by atoms with E-state index in [-0.39, 0.29) is 71.3 Å². The van der Waals surface area contributed by atoms with Crippen LogP contribution in [0.25, 0.3) is 11.6 Å². The summed E-state index contributed by atoms with van der Waals surface area (Å²) in [6.45, 7) is 14.9. The molecule has 0 spiro atoms. The Hall–Kier alpha value is -7.72. The second-order valence-electron chi connectivity index (χ2n) is 20.2. The largest absolute Gasteiger partial charge is 0.495 e. The topological polar surface area (TPSA) is 272 Å². The number of nitrogens with zero attached hydrogens (tertiary/aromatic N) is 14. The highest BCUT2D eigenvalue weighted by atomic mass is 35.5. The Morgan fingerprint density at radius 2 is 0.888 bits per heavy atom. The molecule has 0 aliphatic carbocycles. The van der Waals surface area contributed by atoms with Crippen LogP contribution in [0.1, 0.15) is 45.0 Å². The molecule has 3 saturated heterocycles. The van der Waals surface area contributed by atoms with Crippen molar-refractivity contribution in [1.29, 1.82) is 0 Å². The molecule has 0 radical (unpaired) electrons. The molecule has 32 heteroatoms. The Morgan fingerprint density at radius 1 is 0.528 bits per heavy atom. The average Bonchev–Trinajstić information content (AvgIpc) is 2.45. The van der Waals surface area contributed by atoms with Crippen molar-refractivity contribution in [3.63, 3.8) is 0 Å². The van der Waals surface area contributed by atoms with Crippen molar-refractivity contribution in [2.24, 2.45) is 5.84 Å². The van der Waals surface area contributed by atoms with E-state index in [9.17, 15) is 24.0 Å². The van der Waals surface area contributed by atoms with Crippen LogP contribution in [0, 0.1) is 20.8 Å². The minimum Gasteiger partial charge on any atom is -0.495 e. The van der Waals surface area contributed by atoms with E-state index < -0.39 is 11.9 Å². The second kappa shape index (κ2) is 30.7. The lowest BCUT2D eigenvalue weighted by molar-refractivity contribution is -0.133. The lowest BCUT2D eigenvalue weighted by Crippen LogP contribution is -2.49. The molecule has 0 atom stereocenters. The predicted octanol–water partition coefficient (Wildman–Crippen LogP) is 7.40. The highest BCUT2D eigenvalue weighted by Gasteiger charge is 2.29. The molecule has 3 fully saturated rings. The molecule has 3 aromatic carbocycles. The van der Waals surface area contributed by atoms with Crippen molar-refractivity contribution in [3.8, 4) is 28.8 Å². The number of nitrogens with two attached hydrogens (primary N) is 1. The zero-order valence-electron chi connectivity index (χ0n) is 49.8. The maximum Gasteiger partial charge on any atom is 0.360 e. The molecule has 3 aliphatic rings. The highest BCUT2D eigenvalue weighted by Crippen LogP contribution is 2.34. The average molecular weight is 1350 g/mol. The van der Waals surface area contributed by atoms with Crippen molar-refractivity contribution >= 4 is 116 Å². The van der Waals surface area contributed by atoms with Crippen LogP contribution >= 0.6 is 69.6 Å². The minimum absolute atomic E-state index is 0.000900. The van der Waals surface area contributed by atoms with Gasteiger partial charge in [0.05, 0.1) is 75.2 Å². The number of methoxy groups -OCH3 is 3. The zero-order valence-corrected chi connectivity index (χ0v) is 54.3. The Balaban J connectivity index is 0.000000173. The molecule has 476 valence electrons. The Morgan fingerprint density at radius 3 is 1.24 bits per heavy atom. The number of aromatic nitrogens is 8. The SMILES string of the molecule is CCOC(=O)c1nn(CC(=O)N2CCN(c3ccc(Cl)c(OC)c3)CC2)c(C)c1Cl.COc1cc(N2CCN(C(=O)Cn3nc(-c4nnco4)c(Cl)c3C)CC2)ccc1Cl.COc1cc(N2CCN(C(=O)Cn3nc(C(=O)NN)c(Cl)c3C)CC2)ccc1Cl. The number of hydrogen-bond acceptors (Lipinski definition) is 19. The summed E-state index contributed by atoms with van der Waals surface area (Å²) in [6.07, 6.45) is 1.21. The van der Waals surface area contributed by atoms with E-state index in [0.29, 0.717) is 139 Å². The van der Waals surface area contributed by atoms with Crippen molar-refractivity contribution in [1.82, 2.24) is 59.7 Å². The first kappa shape index (κ1) is 67.2. The van der Waals surface area contributed by atoms with Crippen LogP contribution in [0.2, 0.25) is 30.1 Å². The number of hydrazine groups is 1. The number of anilines is 3. The first-order valence-corrected chi connectivity index (χ1v) is 30.2. The van der Waals surface area contributed by atoms with Gasteiger partial charge >= 0.3 is 5.97 Å². The van der Waals surface area contributed by atoms with Gasteiger partial charge in [-0.25, -0.2) is 10.6 Å². The molecule has 26 nitrogen and oxygen atoms in total. The van der Waals surface area contributed by atoms with Gasteiger partial charge in [0.15, 0.2) is 17.1 Å². The second-order valence-corrected chi connectivity index (χ2v) is 22.6. The third-order valence-corrected chi connectivity index (χ3v) is 17.3. The summed E-state index contributed by atoms with van der Waals surface area (Å²) >= 11 is 37.0. The lowest BCUT2D eigenvalue weighted by atomic mass is 10.2. The molecular weight excluding hydrogens is 1280 g/mol. The van der Waals surface area contributed by atoms with Crippen molar-refractivity contribution in [2.45, 2.75) is 47.3 Å². The van der Waals surface area contributed by atoms with Crippen LogP contribution in [-0.4, -0.2) is 190 Å². The van der Waals surface area contributed by atoms with Gasteiger partial charge < -0.3 is 52.8 Å². The molecule has 4 amide bonds. The summed E-state index contributed by atoms with van der Waals surface area (Å²) in [7, 11) is 4.75. The summed E-state index contributed by atoms with van der Waals surface area (Å²) in [4.78, 5) is 73.9. The van der Waals surface area contributed by atoms with Gasteiger partial charge in [0.1, 0.15) is 36.9 Å². The Kier molecular flexibility index (Phi) is 23.2. The number of nitrogen functional groups attached to an aromatic ring is 1. The predicted molar refractivity (Wildman–Crippen MR) is 337 cm³/mol. The molecular formula is C57H66Cl6N16O10. The van der Waals surface area contributed by atoms with Gasteiger partial charge in [0, 0.05) is 114 Å². The van der Waals surface area contributed by atoms with Gasteiger partial charge in [-0.1, -0.05) is 69.6 Å². The monoisotopic (exact) mass is 1340 g/mol. The van der Waals surface area contributed by atoms with E-state index in [2.05, 4.69) is 40.2 Å². The van der Waals surface area contributed by atoms with E-state index >= 15 is 0 Å². The zero-order chi connectivity index (χ0) is 64.2. The van der Waals surface area contributed by atoms with Crippen LogP contribution in [0.15, 0.2) is 65.4 Å². The maximum absolute atomic E-state index is 12.8. The number of piperazine rings is 3. The number of ether oxygens (including phenoxy) is 4. The van der Waals surface area contributed by atoms with E-state index in [0.717, 1.165) is 17.1 Å². The molecule has 0 saturated carbocycles. The van der Waals surface area contributed by atoms with Gasteiger partial charge in [0.25, 0.3) is 11.8 Å². The van der Waals surface area contributed by atoms with Gasteiger partial charge in [-0.3, -0.25) is 38.6 Å². The number of carbonyl (C=O) groups is 5. The Bertz CT molecular complexity index is 3650. The molecule has 89 heavy (non-hydrogen) atoms. The van der Waals surface area contributed by atoms with Crippen LogP contribution in [0.5, 0.6) is 17.2 Å². The quantitative estimate of drug-likeness (QED) is 0.0413. The lowest BCUT2D eigenvalue weighted by Gasteiger charge is -2.36. The number of nitrogens with one attached hydrogen (secondary N) is 1. The molecule has 4 aromatic heterocycles. The summed E-state index contributed by atoms with van der Waals surface area (Å²) < 4.78 is 30.4. The fourth-order valence-corrected chi connectivity index (χ4v) is 11.1. The molecule has 0 unspecified atom stereocenters. The molecule has 10 rings (SSSR count). The highest BCUT2D eigenvalue weighted by molar-refractivity contribution is 6.35. The molecule has 3 aliphatic heterocycles. The fraction of sp³-hybridized carbons (Fsp3) is 0.404. The third-order valence-electron chi connectivity index (χ3n) is 15.0. The molecule has 7 heterocycles. The number of carbonyl (C=O) groups excluding carboxylic acids is 5. The fourth-order valence-electron chi connectivity index (χ4n) is 9.85. The third kappa shape index (κ3) is 16.0. The van der Waals surface area contributed by atoms with Gasteiger partial charge in [-0.2, -0.15) is 15.3 Å². The van der Waals surface area contributed by atoms with Gasteiger partial charge in [-0.15, -0.1) is 10.2 Å². The molecule has 7 aromatic rings. The van der Waals surface area contributed by atoms with Crippen molar-refractivity contribution in [3.05, 3.63) is 120 Å². The van der Waals surface area contributed by atoms with Gasteiger partial charge in [0.2, 0.25) is 24.1 Å². The van der Waals surface area contributed by atoms with Crippen LogP contribution < -0.4 is 40.2 Å². The summed E-state index contributed by atoms with van der Waals surface area (Å²) in [5.41, 5.74) is 7.17. The van der Waals surface area contributed by atoms with E-state index in [4.69, 9.17) is 98.8 Å². The summed E-state index contributed by atoms with van der Waals surface area (Å²) in [6, 6.07) is 16.9. The summed E-state index contributed by atoms with van der Waals surface area (Å²) in [5, 5.41) is 22.6. The Labute approximate surface area is 543 Å². The number of rotatable bonds is 16. The standard InChI is InChI=1S/C20H24Cl2N4O4.C19H20Cl2N6O3.C18H22Cl2N6O3/c1-4-30-20(28)19-18(22)13(2)26(23-19)12-17(27)25-9-7-24(8-10-25)14-5-6-15(21)16(11-14)29-3;1-12-17(21)18(19-23-22-11-30-19)24-27(12)10-16(28)26-7-5-25(6-8-26)13-3-4-14(20)15(9-13)29-2;1-11-16(20)17(18(28)22-21)23-26(11)10-15(27)25-7-5-24(6-8-25)12-3-4-13(19)14(9-12)29-2/h5-6,11H,4,7-10,12H2,1-3H3;3-4,9,11H,5-8,10H2,1-2H3;3-4,9H,5-8,10,21H2,1-2H3,(H,22,28). The van der Waals surface area contributed by atoms with Crippen LogP contribution in [0.3, 0.4) is 0 Å². The van der Waals surface area contributed by atoms with E-state index in [1.807, 2.05) is 52.8 Å². The van der Waals surface area contributed by atoms with Crippen LogP contribution in [0.4, 0.5) is 17.1 Å². The number of esters is 1. The first-order chi connectivity index (χ1) is 42.7. The van der Waals surface area contributed by atoms with Crippen molar-refractivity contribution in [2.75, 3.05) is 121 Å². The van der Waals surface area contributed by atoms with E-state index in [1.54, 1.807) is 75.6 Å². The number of hydrogen-bond donors (Lipinski definition) is 2. The summed E-state index contributed by atoms with van der Waals surface area (Å²) in [5.74, 6) is 5.83. The minimum atomic E-state index is -0.601.